The molecule has 2 aromatic rings. The molecule has 0 bridgehead atoms. The molecule has 88 valence electrons. The molecule has 1 saturated heterocycles. The summed E-state index contributed by atoms with van der Waals surface area (Å²) in [4.78, 5) is 0. The minimum absolute atomic E-state index is 0.508. The van der Waals surface area contributed by atoms with Crippen LogP contribution in [0.5, 0.6) is 0 Å². The van der Waals surface area contributed by atoms with Gasteiger partial charge in [-0.05, 0) is 35.1 Å². The molecule has 2 aromatic carbocycles. The summed E-state index contributed by atoms with van der Waals surface area (Å²) in [5.74, 6) is 2.47. The summed E-state index contributed by atoms with van der Waals surface area (Å²) in [6.07, 6.45) is 1.28. The summed E-state index contributed by atoms with van der Waals surface area (Å²) in [6, 6.07) is 15.8. The molecule has 1 aliphatic heterocycles. The summed E-state index contributed by atoms with van der Waals surface area (Å²) in [7, 11) is 0. The van der Waals surface area contributed by atoms with E-state index < -0.39 is 0 Å². The molecule has 1 N–H and O–H groups in total. The van der Waals surface area contributed by atoms with Crippen LogP contribution in [-0.2, 0) is 0 Å². The predicted molar refractivity (Wildman–Crippen MR) is 76.6 cm³/mol. The predicted octanol–water partition coefficient (Wildman–Crippen LogP) is 3.61. The Bertz CT molecular complexity index is 496. The lowest BCUT2D eigenvalue weighted by Gasteiger charge is -2.18. The number of fused-ring (bicyclic) bond motifs is 1. The van der Waals surface area contributed by atoms with Gasteiger partial charge in [0.2, 0.25) is 0 Å². The zero-order chi connectivity index (χ0) is 11.5. The molecular weight excluding hydrogens is 226 g/mol. The smallest absolute Gasteiger partial charge is 0.0418 e. The van der Waals surface area contributed by atoms with Gasteiger partial charge in [0.25, 0.3) is 0 Å². The Morgan fingerprint density at radius 3 is 2.94 bits per heavy atom. The number of hydrogen-bond donors (Lipinski definition) is 1. The van der Waals surface area contributed by atoms with Crippen LogP contribution in [0, 0.1) is 0 Å². The van der Waals surface area contributed by atoms with Gasteiger partial charge in [-0.15, -0.1) is 0 Å². The maximum Gasteiger partial charge on any atom is 0.0418 e. The molecule has 1 atom stereocenters. The maximum atomic E-state index is 3.67. The summed E-state index contributed by atoms with van der Waals surface area (Å²) in [5.41, 5.74) is 1.46. The van der Waals surface area contributed by atoms with Crippen molar-refractivity contribution >= 4 is 22.5 Å². The Hall–Kier alpha value is -0.990. The van der Waals surface area contributed by atoms with E-state index in [4.69, 9.17) is 0 Å². The first-order valence-electron chi connectivity index (χ1n) is 6.24. The van der Waals surface area contributed by atoms with Gasteiger partial charge in [-0.25, -0.2) is 0 Å². The number of benzene rings is 2. The fourth-order valence-electron chi connectivity index (χ4n) is 2.46. The Balaban J connectivity index is 2.03. The van der Waals surface area contributed by atoms with E-state index in [1.54, 1.807) is 0 Å². The van der Waals surface area contributed by atoms with Crippen LogP contribution in [0.15, 0.2) is 42.5 Å². The molecule has 0 amide bonds. The molecule has 1 nitrogen and oxygen atoms in total. The average Bonchev–Trinajstić information content (AvgIpc) is 2.67. The van der Waals surface area contributed by atoms with Crippen LogP contribution in [0.1, 0.15) is 18.0 Å². The Labute approximate surface area is 107 Å². The Morgan fingerprint density at radius 2 is 1.94 bits per heavy atom. The van der Waals surface area contributed by atoms with Gasteiger partial charge in [0.15, 0.2) is 0 Å². The van der Waals surface area contributed by atoms with Crippen molar-refractivity contribution in [3.05, 3.63) is 48.0 Å². The highest BCUT2D eigenvalue weighted by molar-refractivity contribution is 7.99. The lowest BCUT2D eigenvalue weighted by molar-refractivity contribution is 0.593. The molecule has 3 rings (SSSR count). The molecule has 0 saturated carbocycles. The monoisotopic (exact) mass is 243 g/mol. The lowest BCUT2D eigenvalue weighted by Crippen LogP contribution is -2.22. The van der Waals surface area contributed by atoms with Gasteiger partial charge in [-0.3, -0.25) is 0 Å². The minimum atomic E-state index is 0.508. The molecule has 0 aromatic heterocycles. The van der Waals surface area contributed by atoms with E-state index in [0.717, 1.165) is 6.54 Å². The molecular formula is C15H17NS. The Morgan fingerprint density at radius 1 is 1.06 bits per heavy atom. The first kappa shape index (κ1) is 11.1. The highest BCUT2D eigenvalue weighted by Gasteiger charge is 2.15. The van der Waals surface area contributed by atoms with Crippen molar-refractivity contribution in [3.8, 4) is 0 Å². The van der Waals surface area contributed by atoms with E-state index >= 15 is 0 Å². The number of rotatable bonds is 1. The van der Waals surface area contributed by atoms with Gasteiger partial charge in [-0.2, -0.15) is 11.8 Å². The third kappa shape index (κ3) is 2.33. The molecule has 1 unspecified atom stereocenters. The van der Waals surface area contributed by atoms with Gasteiger partial charge in [0, 0.05) is 11.8 Å². The third-order valence-electron chi connectivity index (χ3n) is 3.34. The van der Waals surface area contributed by atoms with E-state index in [1.165, 1.54) is 34.3 Å². The molecule has 0 aliphatic carbocycles. The third-order valence-corrected chi connectivity index (χ3v) is 4.49. The van der Waals surface area contributed by atoms with Gasteiger partial charge < -0.3 is 5.32 Å². The topological polar surface area (TPSA) is 12.0 Å². The van der Waals surface area contributed by atoms with E-state index in [1.807, 2.05) is 0 Å². The summed E-state index contributed by atoms with van der Waals surface area (Å²) in [5, 5.41) is 6.42. The fraction of sp³-hybridized carbons (Fsp3) is 0.333. The molecule has 17 heavy (non-hydrogen) atoms. The number of hydrogen-bond acceptors (Lipinski definition) is 2. The van der Waals surface area contributed by atoms with Crippen molar-refractivity contribution in [1.29, 1.82) is 0 Å². The van der Waals surface area contributed by atoms with Crippen molar-refractivity contribution in [2.45, 2.75) is 12.5 Å². The lowest BCUT2D eigenvalue weighted by atomic mass is 9.99. The maximum absolute atomic E-state index is 3.67. The summed E-state index contributed by atoms with van der Waals surface area (Å²) in [6.45, 7) is 1.14. The SMILES string of the molecule is c1ccc2c(C3CSCCCN3)cccc2c1. The standard InChI is InChI=1S/C15H17NS/c1-2-7-13-12(5-1)6-3-8-14(13)15-11-17-10-4-9-16-15/h1-3,5-8,15-16H,4,9-11H2. The van der Waals surface area contributed by atoms with Crippen LogP contribution in [0.25, 0.3) is 10.8 Å². The molecule has 1 heterocycles. The van der Waals surface area contributed by atoms with E-state index in [2.05, 4.69) is 59.5 Å². The van der Waals surface area contributed by atoms with E-state index in [0.29, 0.717) is 6.04 Å². The summed E-state index contributed by atoms with van der Waals surface area (Å²) >= 11 is 2.06. The molecule has 0 spiro atoms. The van der Waals surface area contributed by atoms with Gasteiger partial charge in [0.1, 0.15) is 0 Å². The normalized spacial score (nSPS) is 21.3. The number of nitrogens with one attached hydrogen (secondary N) is 1. The van der Waals surface area contributed by atoms with E-state index in [9.17, 15) is 0 Å². The molecule has 1 fully saturated rings. The quantitative estimate of drug-likeness (QED) is 0.821. The van der Waals surface area contributed by atoms with Crippen LogP contribution >= 0.6 is 11.8 Å². The van der Waals surface area contributed by atoms with Gasteiger partial charge in [0.05, 0.1) is 0 Å². The second-order valence-electron chi connectivity index (χ2n) is 4.50. The van der Waals surface area contributed by atoms with Crippen molar-refractivity contribution in [2.24, 2.45) is 0 Å². The second kappa shape index (κ2) is 5.11. The van der Waals surface area contributed by atoms with Crippen LogP contribution < -0.4 is 5.32 Å². The second-order valence-corrected chi connectivity index (χ2v) is 5.65. The largest absolute Gasteiger partial charge is 0.309 e. The van der Waals surface area contributed by atoms with Crippen LogP contribution in [0.3, 0.4) is 0 Å². The minimum Gasteiger partial charge on any atom is -0.309 e. The van der Waals surface area contributed by atoms with Crippen molar-refractivity contribution in [2.75, 3.05) is 18.1 Å². The van der Waals surface area contributed by atoms with Crippen molar-refractivity contribution in [3.63, 3.8) is 0 Å². The summed E-state index contributed by atoms with van der Waals surface area (Å²) < 4.78 is 0. The molecule has 1 aliphatic rings. The zero-order valence-electron chi connectivity index (χ0n) is 9.86. The number of thioether (sulfide) groups is 1. The highest BCUT2D eigenvalue weighted by Crippen LogP contribution is 2.28. The van der Waals surface area contributed by atoms with Crippen LogP contribution in [-0.4, -0.2) is 18.1 Å². The van der Waals surface area contributed by atoms with Gasteiger partial charge in [-0.1, -0.05) is 42.5 Å². The van der Waals surface area contributed by atoms with Crippen LogP contribution in [0.2, 0.25) is 0 Å². The first-order chi connectivity index (χ1) is 8.45. The highest BCUT2D eigenvalue weighted by atomic mass is 32.2. The van der Waals surface area contributed by atoms with Crippen molar-refractivity contribution < 1.29 is 0 Å². The molecule has 0 radical (unpaired) electrons. The average molecular weight is 243 g/mol. The Kier molecular flexibility index (Phi) is 3.34. The van der Waals surface area contributed by atoms with E-state index in [-0.39, 0.29) is 0 Å². The van der Waals surface area contributed by atoms with Crippen LogP contribution in [0.4, 0.5) is 0 Å². The molecule has 2 heteroatoms. The zero-order valence-corrected chi connectivity index (χ0v) is 10.7. The fourth-order valence-corrected chi connectivity index (χ4v) is 3.51. The first-order valence-corrected chi connectivity index (χ1v) is 7.39. The van der Waals surface area contributed by atoms with Gasteiger partial charge >= 0.3 is 0 Å². The van der Waals surface area contributed by atoms with Crippen molar-refractivity contribution in [1.82, 2.24) is 5.32 Å².